The van der Waals surface area contributed by atoms with E-state index >= 15 is 0 Å². The van der Waals surface area contributed by atoms with Crippen LogP contribution in [0.1, 0.15) is 78.6 Å². The van der Waals surface area contributed by atoms with Gasteiger partial charge in [0, 0.05) is 6.61 Å². The molecule has 6 heteroatoms. The van der Waals surface area contributed by atoms with Crippen LogP contribution in [0.15, 0.2) is 0 Å². The van der Waals surface area contributed by atoms with Gasteiger partial charge in [0.1, 0.15) is 24.4 Å². The van der Waals surface area contributed by atoms with Crippen LogP contribution < -0.4 is 0 Å². The standard InChI is InChI=1S/C20H38O6/c1-4-5-6-7-8-9-10-11-12-13-23-19-18-17(25-20(2,3)26-18)16(24-19)15(22)14-21/h15-19,21-22H,4-14H2,1-3H3/t15-,16-,17+,18+,19?/m1/s1. The number of unbranched alkanes of at least 4 members (excludes halogenated alkanes) is 8. The van der Waals surface area contributed by atoms with Crippen molar-refractivity contribution in [3.63, 3.8) is 0 Å². The van der Waals surface area contributed by atoms with Crippen LogP contribution in [0.5, 0.6) is 0 Å². The number of aliphatic hydroxyl groups is 2. The Labute approximate surface area is 158 Å². The third kappa shape index (κ3) is 6.43. The van der Waals surface area contributed by atoms with Crippen molar-refractivity contribution in [2.45, 2.75) is 115 Å². The summed E-state index contributed by atoms with van der Waals surface area (Å²) in [6.07, 6.45) is 8.41. The molecule has 0 aromatic rings. The summed E-state index contributed by atoms with van der Waals surface area (Å²) in [5.41, 5.74) is 0. The minimum Gasteiger partial charge on any atom is -0.394 e. The van der Waals surface area contributed by atoms with E-state index in [0.29, 0.717) is 6.61 Å². The molecule has 0 saturated carbocycles. The predicted molar refractivity (Wildman–Crippen MR) is 98.8 cm³/mol. The first-order valence-corrected chi connectivity index (χ1v) is 10.4. The molecule has 0 spiro atoms. The van der Waals surface area contributed by atoms with Crippen LogP contribution in [0.4, 0.5) is 0 Å². The zero-order chi connectivity index (χ0) is 19.0. The van der Waals surface area contributed by atoms with Crippen LogP contribution in [0, 0.1) is 0 Å². The molecule has 2 aliphatic rings. The van der Waals surface area contributed by atoms with Crippen LogP contribution in [-0.4, -0.2) is 59.9 Å². The Bertz CT molecular complexity index is 388. The maximum absolute atomic E-state index is 9.97. The average molecular weight is 375 g/mol. The molecule has 2 N–H and O–H groups in total. The second-order valence-electron chi connectivity index (χ2n) is 7.98. The lowest BCUT2D eigenvalue weighted by Gasteiger charge is -2.25. The van der Waals surface area contributed by atoms with Crippen LogP contribution >= 0.6 is 0 Å². The van der Waals surface area contributed by atoms with Gasteiger partial charge in [-0.3, -0.25) is 0 Å². The summed E-state index contributed by atoms with van der Waals surface area (Å²) in [6, 6.07) is 0. The monoisotopic (exact) mass is 374 g/mol. The first kappa shape index (κ1) is 22.1. The van der Waals surface area contributed by atoms with Crippen LogP contribution in [0.25, 0.3) is 0 Å². The van der Waals surface area contributed by atoms with Crippen molar-refractivity contribution in [3.8, 4) is 0 Å². The molecule has 0 amide bonds. The number of hydrogen-bond donors (Lipinski definition) is 2. The predicted octanol–water partition coefficient (Wildman–Crippen LogP) is 3.13. The molecule has 2 fully saturated rings. The van der Waals surface area contributed by atoms with Gasteiger partial charge in [-0.1, -0.05) is 58.3 Å². The number of aliphatic hydroxyl groups excluding tert-OH is 2. The maximum atomic E-state index is 9.97. The van der Waals surface area contributed by atoms with Crippen molar-refractivity contribution in [3.05, 3.63) is 0 Å². The lowest BCUT2D eigenvalue weighted by molar-refractivity contribution is -0.244. The van der Waals surface area contributed by atoms with E-state index < -0.39 is 30.4 Å². The van der Waals surface area contributed by atoms with Crippen molar-refractivity contribution >= 4 is 0 Å². The number of ether oxygens (including phenoxy) is 4. The van der Waals surface area contributed by atoms with Gasteiger partial charge in [-0.2, -0.15) is 0 Å². The molecule has 26 heavy (non-hydrogen) atoms. The van der Waals surface area contributed by atoms with E-state index in [1.165, 1.54) is 44.9 Å². The van der Waals surface area contributed by atoms with Crippen LogP contribution in [0.3, 0.4) is 0 Å². The van der Waals surface area contributed by atoms with E-state index in [-0.39, 0.29) is 12.7 Å². The Balaban J connectivity index is 1.63. The first-order valence-electron chi connectivity index (χ1n) is 10.4. The van der Waals surface area contributed by atoms with E-state index in [1.54, 1.807) is 0 Å². The molecule has 6 nitrogen and oxygen atoms in total. The quantitative estimate of drug-likeness (QED) is 0.482. The van der Waals surface area contributed by atoms with Gasteiger partial charge in [0.2, 0.25) is 0 Å². The fraction of sp³-hybridized carbons (Fsp3) is 1.00. The zero-order valence-electron chi connectivity index (χ0n) is 16.7. The molecule has 154 valence electrons. The second kappa shape index (κ2) is 10.9. The molecule has 2 heterocycles. The van der Waals surface area contributed by atoms with Crippen molar-refractivity contribution < 1.29 is 29.2 Å². The van der Waals surface area contributed by atoms with Gasteiger partial charge in [0.05, 0.1) is 6.61 Å². The highest BCUT2D eigenvalue weighted by molar-refractivity contribution is 4.97. The minimum atomic E-state index is -0.999. The summed E-state index contributed by atoms with van der Waals surface area (Å²) in [4.78, 5) is 0. The van der Waals surface area contributed by atoms with Crippen molar-refractivity contribution in [2.24, 2.45) is 0 Å². The highest BCUT2D eigenvalue weighted by Crippen LogP contribution is 2.40. The first-order chi connectivity index (χ1) is 12.5. The molecule has 1 unspecified atom stereocenters. The number of rotatable bonds is 13. The molecule has 0 aliphatic carbocycles. The molecule has 0 aromatic carbocycles. The molecule has 0 aromatic heterocycles. The Morgan fingerprint density at radius 3 is 2.12 bits per heavy atom. The molecule has 2 saturated heterocycles. The normalized spacial score (nSPS) is 31.3. The average Bonchev–Trinajstić information content (AvgIpc) is 3.09. The molecule has 2 rings (SSSR count). The lowest BCUT2D eigenvalue weighted by atomic mass is 10.1. The van der Waals surface area contributed by atoms with Crippen molar-refractivity contribution in [1.82, 2.24) is 0 Å². The van der Waals surface area contributed by atoms with Crippen molar-refractivity contribution in [1.29, 1.82) is 0 Å². The lowest BCUT2D eigenvalue weighted by Crippen LogP contribution is -2.40. The third-order valence-electron chi connectivity index (χ3n) is 5.14. The SMILES string of the molecule is CCCCCCCCCCCOC1O[C@H]([C@H](O)CO)[C@@H]2OC(C)(C)O[C@H]12. The largest absolute Gasteiger partial charge is 0.394 e. The van der Waals surface area contributed by atoms with Gasteiger partial charge in [-0.25, -0.2) is 0 Å². The summed E-state index contributed by atoms with van der Waals surface area (Å²) >= 11 is 0. The molecule has 5 atom stereocenters. The van der Waals surface area contributed by atoms with E-state index in [2.05, 4.69) is 6.92 Å². The second-order valence-corrected chi connectivity index (χ2v) is 7.98. The fourth-order valence-corrected chi connectivity index (χ4v) is 3.75. The molecular weight excluding hydrogens is 336 g/mol. The van der Waals surface area contributed by atoms with Gasteiger partial charge in [-0.15, -0.1) is 0 Å². The Morgan fingerprint density at radius 2 is 1.50 bits per heavy atom. The highest BCUT2D eigenvalue weighted by atomic mass is 16.8. The van der Waals surface area contributed by atoms with E-state index in [9.17, 15) is 10.2 Å². The summed E-state index contributed by atoms with van der Waals surface area (Å²) in [7, 11) is 0. The van der Waals surface area contributed by atoms with Gasteiger partial charge >= 0.3 is 0 Å². The number of fused-ring (bicyclic) bond motifs is 1. The van der Waals surface area contributed by atoms with E-state index in [1.807, 2.05) is 13.8 Å². The van der Waals surface area contributed by atoms with Crippen LogP contribution in [0.2, 0.25) is 0 Å². The molecule has 2 aliphatic heterocycles. The zero-order valence-corrected chi connectivity index (χ0v) is 16.7. The third-order valence-corrected chi connectivity index (χ3v) is 5.14. The van der Waals surface area contributed by atoms with E-state index in [0.717, 1.165) is 12.8 Å². The fourth-order valence-electron chi connectivity index (χ4n) is 3.75. The summed E-state index contributed by atoms with van der Waals surface area (Å²) < 4.78 is 23.4. The molecule has 0 bridgehead atoms. The Morgan fingerprint density at radius 1 is 0.923 bits per heavy atom. The maximum Gasteiger partial charge on any atom is 0.187 e. The van der Waals surface area contributed by atoms with Crippen molar-refractivity contribution in [2.75, 3.05) is 13.2 Å². The Kier molecular flexibility index (Phi) is 9.27. The van der Waals surface area contributed by atoms with Gasteiger partial charge in [0.25, 0.3) is 0 Å². The van der Waals surface area contributed by atoms with Gasteiger partial charge in [-0.05, 0) is 20.3 Å². The topological polar surface area (TPSA) is 77.4 Å². The number of hydrogen-bond acceptors (Lipinski definition) is 6. The summed E-state index contributed by atoms with van der Waals surface area (Å²) in [6.45, 7) is 6.15. The van der Waals surface area contributed by atoms with E-state index in [4.69, 9.17) is 18.9 Å². The highest BCUT2D eigenvalue weighted by Gasteiger charge is 2.57. The summed E-state index contributed by atoms with van der Waals surface area (Å²) in [5, 5.41) is 19.2. The Hall–Kier alpha value is -0.240. The minimum absolute atomic E-state index is 0.366. The summed E-state index contributed by atoms with van der Waals surface area (Å²) in [5.74, 6) is -0.730. The van der Waals surface area contributed by atoms with Gasteiger partial charge < -0.3 is 29.2 Å². The smallest absolute Gasteiger partial charge is 0.187 e. The van der Waals surface area contributed by atoms with Crippen LogP contribution in [-0.2, 0) is 18.9 Å². The molecule has 0 radical (unpaired) electrons. The molecular formula is C20H38O6. The van der Waals surface area contributed by atoms with Gasteiger partial charge in [0.15, 0.2) is 12.1 Å².